The molecule has 1 rings (SSSR count). The zero-order valence-electron chi connectivity index (χ0n) is 11.8. The van der Waals surface area contributed by atoms with E-state index >= 15 is 0 Å². The van der Waals surface area contributed by atoms with Crippen LogP contribution in [0.2, 0.25) is 0 Å². The van der Waals surface area contributed by atoms with Crippen molar-refractivity contribution in [2.24, 2.45) is 5.92 Å². The van der Waals surface area contributed by atoms with E-state index in [9.17, 15) is 5.11 Å². The molecule has 0 heterocycles. The molecule has 3 N–H and O–H groups in total. The average Bonchev–Trinajstić information content (AvgIpc) is 2.46. The van der Waals surface area contributed by atoms with Gasteiger partial charge in [0.2, 0.25) is 0 Å². The highest BCUT2D eigenvalue weighted by Gasteiger charge is 2.07. The fourth-order valence-corrected chi connectivity index (χ4v) is 1.85. The van der Waals surface area contributed by atoms with E-state index in [4.69, 9.17) is 9.84 Å². The van der Waals surface area contributed by atoms with Gasteiger partial charge in [-0.15, -0.1) is 0 Å². The average molecular weight is 267 g/mol. The maximum atomic E-state index is 10.00. The lowest BCUT2D eigenvalue weighted by Crippen LogP contribution is -2.23. The van der Waals surface area contributed by atoms with Crippen LogP contribution in [0.25, 0.3) is 0 Å². The molecule has 4 nitrogen and oxygen atoms in total. The van der Waals surface area contributed by atoms with Gasteiger partial charge in [-0.05, 0) is 43.0 Å². The molecule has 0 radical (unpaired) electrons. The van der Waals surface area contributed by atoms with Crippen LogP contribution in [0, 0.1) is 5.92 Å². The van der Waals surface area contributed by atoms with E-state index in [1.54, 1.807) is 7.11 Å². The Bertz CT molecular complexity index is 340. The Morgan fingerprint density at radius 1 is 1.26 bits per heavy atom. The Labute approximate surface area is 115 Å². The van der Waals surface area contributed by atoms with E-state index in [2.05, 4.69) is 5.32 Å². The predicted molar refractivity (Wildman–Crippen MR) is 76.3 cm³/mol. The minimum absolute atomic E-state index is 0.245. The van der Waals surface area contributed by atoms with Gasteiger partial charge in [0.1, 0.15) is 5.75 Å². The maximum absolute atomic E-state index is 10.00. The van der Waals surface area contributed by atoms with Gasteiger partial charge in [0.05, 0.1) is 13.2 Å². The van der Waals surface area contributed by atoms with Crippen LogP contribution in [-0.4, -0.2) is 37.0 Å². The van der Waals surface area contributed by atoms with Crippen molar-refractivity contribution in [1.82, 2.24) is 5.32 Å². The number of nitrogens with one attached hydrogen (secondary N) is 1. The number of ether oxygens (including phenoxy) is 1. The summed E-state index contributed by atoms with van der Waals surface area (Å²) in [6.45, 7) is 3.68. The topological polar surface area (TPSA) is 61.7 Å². The number of aliphatic hydroxyl groups excluding tert-OH is 2. The van der Waals surface area contributed by atoms with E-state index in [0.29, 0.717) is 12.5 Å². The Kier molecular flexibility index (Phi) is 7.48. The molecule has 0 saturated carbocycles. The van der Waals surface area contributed by atoms with E-state index in [0.717, 1.165) is 30.7 Å². The number of hydrogen-bond donors (Lipinski definition) is 3. The molecule has 0 fully saturated rings. The highest BCUT2D eigenvalue weighted by molar-refractivity contribution is 5.28. The first-order valence-electron chi connectivity index (χ1n) is 6.81. The molecule has 108 valence electrons. The smallest absolute Gasteiger partial charge is 0.118 e. The van der Waals surface area contributed by atoms with Gasteiger partial charge in [-0.2, -0.15) is 0 Å². The van der Waals surface area contributed by atoms with Crippen molar-refractivity contribution in [1.29, 1.82) is 0 Å². The van der Waals surface area contributed by atoms with Crippen molar-refractivity contribution in [3.05, 3.63) is 29.8 Å². The van der Waals surface area contributed by atoms with Gasteiger partial charge in [-0.25, -0.2) is 0 Å². The second-order valence-electron chi connectivity index (χ2n) is 4.92. The van der Waals surface area contributed by atoms with Crippen LogP contribution in [0.1, 0.15) is 31.4 Å². The third-order valence-corrected chi connectivity index (χ3v) is 3.20. The molecular weight excluding hydrogens is 242 g/mol. The van der Waals surface area contributed by atoms with Crippen LogP contribution in [0.3, 0.4) is 0 Å². The van der Waals surface area contributed by atoms with Crippen molar-refractivity contribution in [3.63, 3.8) is 0 Å². The van der Waals surface area contributed by atoms with Crippen molar-refractivity contribution in [2.75, 3.05) is 26.8 Å². The SMILES string of the molecule is COc1ccc(C(O)CNCCCC(C)CO)cc1. The predicted octanol–water partition coefficient (Wildman–Crippen LogP) is 1.73. The third-order valence-electron chi connectivity index (χ3n) is 3.20. The monoisotopic (exact) mass is 267 g/mol. The molecule has 0 aliphatic rings. The van der Waals surface area contributed by atoms with E-state index in [-0.39, 0.29) is 6.61 Å². The highest BCUT2D eigenvalue weighted by atomic mass is 16.5. The number of methoxy groups -OCH3 is 1. The molecule has 0 aliphatic carbocycles. The number of rotatable bonds is 9. The summed E-state index contributed by atoms with van der Waals surface area (Å²) in [4.78, 5) is 0. The fourth-order valence-electron chi connectivity index (χ4n) is 1.85. The van der Waals surface area contributed by atoms with Crippen LogP contribution in [-0.2, 0) is 0 Å². The molecule has 0 bridgehead atoms. The standard InChI is InChI=1S/C15H25NO3/c1-12(11-17)4-3-9-16-10-15(18)13-5-7-14(19-2)8-6-13/h5-8,12,15-18H,3-4,9-11H2,1-2H3. The van der Waals surface area contributed by atoms with Crippen LogP contribution >= 0.6 is 0 Å². The van der Waals surface area contributed by atoms with Crippen molar-refractivity contribution in [3.8, 4) is 5.75 Å². The molecule has 1 aromatic carbocycles. The second-order valence-corrected chi connectivity index (χ2v) is 4.92. The van der Waals surface area contributed by atoms with E-state index in [1.165, 1.54) is 0 Å². The van der Waals surface area contributed by atoms with Gasteiger partial charge in [0.15, 0.2) is 0 Å². The van der Waals surface area contributed by atoms with Gasteiger partial charge in [0.25, 0.3) is 0 Å². The molecule has 0 aliphatic heterocycles. The zero-order chi connectivity index (χ0) is 14.1. The summed E-state index contributed by atoms with van der Waals surface area (Å²) in [5.41, 5.74) is 0.886. The maximum Gasteiger partial charge on any atom is 0.118 e. The highest BCUT2D eigenvalue weighted by Crippen LogP contribution is 2.16. The molecule has 0 aromatic heterocycles. The Morgan fingerprint density at radius 2 is 1.95 bits per heavy atom. The summed E-state index contributed by atoms with van der Waals surface area (Å²) >= 11 is 0. The minimum Gasteiger partial charge on any atom is -0.497 e. The van der Waals surface area contributed by atoms with Crippen molar-refractivity contribution < 1.29 is 14.9 Å². The van der Waals surface area contributed by atoms with Gasteiger partial charge >= 0.3 is 0 Å². The summed E-state index contributed by atoms with van der Waals surface area (Å²) in [5.74, 6) is 1.15. The molecule has 0 spiro atoms. The van der Waals surface area contributed by atoms with Crippen LogP contribution in [0.4, 0.5) is 0 Å². The summed E-state index contributed by atoms with van der Waals surface area (Å²) in [6, 6.07) is 7.45. The van der Waals surface area contributed by atoms with Crippen LogP contribution < -0.4 is 10.1 Å². The Hall–Kier alpha value is -1.10. The Morgan fingerprint density at radius 3 is 2.53 bits per heavy atom. The lowest BCUT2D eigenvalue weighted by Gasteiger charge is -2.13. The molecule has 1 aromatic rings. The molecular formula is C15H25NO3. The van der Waals surface area contributed by atoms with Gasteiger partial charge in [0, 0.05) is 13.2 Å². The quantitative estimate of drug-likeness (QED) is 0.596. The fraction of sp³-hybridized carbons (Fsp3) is 0.600. The first-order valence-corrected chi connectivity index (χ1v) is 6.81. The third kappa shape index (κ3) is 6.05. The van der Waals surface area contributed by atoms with Crippen LogP contribution in [0.15, 0.2) is 24.3 Å². The summed E-state index contributed by atoms with van der Waals surface area (Å²) in [6.07, 6.45) is 1.51. The first-order chi connectivity index (χ1) is 9.17. The lowest BCUT2D eigenvalue weighted by atomic mass is 10.1. The Balaban J connectivity index is 2.21. The van der Waals surface area contributed by atoms with Crippen LogP contribution in [0.5, 0.6) is 5.75 Å². The van der Waals surface area contributed by atoms with Crippen molar-refractivity contribution >= 4 is 0 Å². The van der Waals surface area contributed by atoms with E-state index < -0.39 is 6.10 Å². The minimum atomic E-state index is -0.499. The second kappa shape index (κ2) is 8.91. The number of aliphatic hydroxyl groups is 2. The normalized spacial score (nSPS) is 14.1. The largest absolute Gasteiger partial charge is 0.497 e. The zero-order valence-corrected chi connectivity index (χ0v) is 11.8. The van der Waals surface area contributed by atoms with Gasteiger partial charge < -0.3 is 20.3 Å². The molecule has 0 amide bonds. The lowest BCUT2D eigenvalue weighted by molar-refractivity contribution is 0.173. The molecule has 19 heavy (non-hydrogen) atoms. The summed E-state index contributed by atoms with van der Waals surface area (Å²) in [5, 5.41) is 22.1. The summed E-state index contributed by atoms with van der Waals surface area (Å²) in [7, 11) is 1.63. The van der Waals surface area contributed by atoms with E-state index in [1.807, 2.05) is 31.2 Å². The first kappa shape index (κ1) is 16.0. The van der Waals surface area contributed by atoms with Crippen molar-refractivity contribution in [2.45, 2.75) is 25.9 Å². The molecule has 4 heteroatoms. The number of benzene rings is 1. The molecule has 2 unspecified atom stereocenters. The van der Waals surface area contributed by atoms with Gasteiger partial charge in [-0.1, -0.05) is 19.1 Å². The summed E-state index contributed by atoms with van der Waals surface area (Å²) < 4.78 is 5.08. The van der Waals surface area contributed by atoms with Gasteiger partial charge in [-0.3, -0.25) is 0 Å². The molecule has 0 saturated heterocycles. The number of hydrogen-bond acceptors (Lipinski definition) is 4. The molecule has 2 atom stereocenters.